The molecule has 26 heavy (non-hydrogen) atoms. The Kier molecular flexibility index (Phi) is 4.26. The van der Waals surface area contributed by atoms with E-state index in [9.17, 15) is 9.59 Å². The first-order chi connectivity index (χ1) is 12.5. The van der Waals surface area contributed by atoms with Gasteiger partial charge in [-0.3, -0.25) is 9.59 Å². The highest BCUT2D eigenvalue weighted by atomic mass is 32.1. The number of anilines is 1. The molecule has 0 bridgehead atoms. The van der Waals surface area contributed by atoms with Crippen molar-refractivity contribution in [2.75, 3.05) is 18.8 Å². The molecular formula is C19H22N4O2S. The second-order valence-corrected chi connectivity index (χ2v) is 8.26. The summed E-state index contributed by atoms with van der Waals surface area (Å²) >= 11 is 1.41. The summed E-state index contributed by atoms with van der Waals surface area (Å²) < 4.78 is 0. The van der Waals surface area contributed by atoms with E-state index >= 15 is 0 Å². The lowest BCUT2D eigenvalue weighted by atomic mass is 9.77. The highest BCUT2D eigenvalue weighted by Crippen LogP contribution is 2.44. The molecule has 0 aromatic carbocycles. The minimum Gasteiger partial charge on any atom is -0.368 e. The summed E-state index contributed by atoms with van der Waals surface area (Å²) in [5.74, 6) is 0.474. The average molecular weight is 370 g/mol. The van der Waals surface area contributed by atoms with Crippen molar-refractivity contribution in [1.29, 1.82) is 0 Å². The van der Waals surface area contributed by atoms with Crippen LogP contribution in [0.5, 0.6) is 0 Å². The van der Waals surface area contributed by atoms with Gasteiger partial charge in [0.05, 0.1) is 17.0 Å². The van der Waals surface area contributed by atoms with Crippen LogP contribution < -0.4 is 5.73 Å². The Balaban J connectivity index is 1.51. The molecule has 1 amide bonds. The van der Waals surface area contributed by atoms with Crippen LogP contribution in [0.3, 0.4) is 0 Å². The van der Waals surface area contributed by atoms with E-state index in [-0.39, 0.29) is 17.1 Å². The highest BCUT2D eigenvalue weighted by Gasteiger charge is 2.44. The van der Waals surface area contributed by atoms with E-state index < -0.39 is 0 Å². The van der Waals surface area contributed by atoms with Crippen molar-refractivity contribution in [1.82, 2.24) is 14.9 Å². The molecule has 6 nitrogen and oxygen atoms in total. The number of nitrogens with zero attached hydrogens (tertiary/aromatic N) is 3. The van der Waals surface area contributed by atoms with E-state index in [0.29, 0.717) is 23.8 Å². The van der Waals surface area contributed by atoms with Gasteiger partial charge in [-0.2, -0.15) is 0 Å². The van der Waals surface area contributed by atoms with E-state index in [1.54, 1.807) is 6.92 Å². The zero-order valence-electron chi connectivity index (χ0n) is 14.8. The lowest BCUT2D eigenvalue weighted by Crippen LogP contribution is -2.48. The monoisotopic (exact) mass is 370 g/mol. The third-order valence-corrected chi connectivity index (χ3v) is 6.62. The lowest BCUT2D eigenvalue weighted by molar-refractivity contribution is -0.132. The van der Waals surface area contributed by atoms with Crippen LogP contribution in [0.1, 0.15) is 52.7 Å². The lowest BCUT2D eigenvalue weighted by Gasteiger charge is -2.40. The molecule has 136 valence electrons. The molecule has 0 radical (unpaired) electrons. The minimum atomic E-state index is -0.0838. The molecule has 1 atom stereocenters. The Hall–Kier alpha value is -2.28. The Morgan fingerprint density at radius 2 is 2.23 bits per heavy atom. The van der Waals surface area contributed by atoms with Crippen LogP contribution in [0.2, 0.25) is 0 Å². The van der Waals surface area contributed by atoms with Gasteiger partial charge in [0.2, 0.25) is 11.9 Å². The van der Waals surface area contributed by atoms with Crippen LogP contribution in [0.25, 0.3) is 0 Å². The van der Waals surface area contributed by atoms with Crippen molar-refractivity contribution in [3.05, 3.63) is 39.3 Å². The van der Waals surface area contributed by atoms with Crippen LogP contribution in [-0.4, -0.2) is 39.6 Å². The smallest absolute Gasteiger partial charge is 0.227 e. The van der Waals surface area contributed by atoms with Crippen molar-refractivity contribution >= 4 is 29.0 Å². The van der Waals surface area contributed by atoms with E-state index in [1.165, 1.54) is 11.3 Å². The van der Waals surface area contributed by atoms with E-state index in [1.807, 2.05) is 22.5 Å². The molecule has 3 heterocycles. The molecule has 0 saturated carbocycles. The van der Waals surface area contributed by atoms with Crippen LogP contribution in [0.15, 0.2) is 17.6 Å². The van der Waals surface area contributed by atoms with E-state index in [2.05, 4.69) is 9.97 Å². The topological polar surface area (TPSA) is 89.2 Å². The zero-order chi connectivity index (χ0) is 18.3. The second kappa shape index (κ2) is 6.46. The molecule has 2 aliphatic rings. The normalized spacial score (nSPS) is 21.8. The fourth-order valence-corrected chi connectivity index (χ4v) is 5.05. The van der Waals surface area contributed by atoms with E-state index in [0.717, 1.165) is 49.0 Å². The van der Waals surface area contributed by atoms with Gasteiger partial charge >= 0.3 is 0 Å². The van der Waals surface area contributed by atoms with Gasteiger partial charge in [-0.25, -0.2) is 9.97 Å². The first kappa shape index (κ1) is 17.1. The minimum absolute atomic E-state index is 0.0467. The molecule has 1 spiro atoms. The van der Waals surface area contributed by atoms with Gasteiger partial charge in [0, 0.05) is 24.7 Å². The van der Waals surface area contributed by atoms with Gasteiger partial charge in [0.15, 0.2) is 5.78 Å². The highest BCUT2D eigenvalue weighted by molar-refractivity contribution is 7.12. The molecular weight excluding hydrogens is 348 g/mol. The third-order valence-electron chi connectivity index (χ3n) is 5.54. The fraction of sp³-hybridized carbons (Fsp3) is 0.474. The molecule has 1 aliphatic heterocycles. The van der Waals surface area contributed by atoms with Crippen molar-refractivity contribution in [3.8, 4) is 0 Å². The Labute approximate surface area is 156 Å². The molecule has 2 aromatic rings. The van der Waals surface area contributed by atoms with Gasteiger partial charge in [0.25, 0.3) is 0 Å². The van der Waals surface area contributed by atoms with Crippen molar-refractivity contribution in [3.63, 3.8) is 0 Å². The SMILES string of the molecule is CC(=O)c1cc(CC(=O)N2CCCC3(CCc4cnc(N)nc43)C2)cs1. The molecule has 4 rings (SSSR count). The quantitative estimate of drug-likeness (QED) is 0.838. The number of rotatable bonds is 3. The largest absolute Gasteiger partial charge is 0.368 e. The summed E-state index contributed by atoms with van der Waals surface area (Å²) in [5.41, 5.74) is 8.85. The molecule has 2 N–H and O–H groups in total. The van der Waals surface area contributed by atoms with Crippen LogP contribution in [0, 0.1) is 0 Å². The number of hydrogen-bond donors (Lipinski definition) is 1. The fourth-order valence-electron chi connectivity index (χ4n) is 4.24. The van der Waals surface area contributed by atoms with Crippen LogP contribution in [0.4, 0.5) is 5.95 Å². The van der Waals surface area contributed by atoms with Gasteiger partial charge < -0.3 is 10.6 Å². The number of ketones is 1. The van der Waals surface area contributed by atoms with Crippen molar-refractivity contribution in [2.24, 2.45) is 0 Å². The summed E-state index contributed by atoms with van der Waals surface area (Å²) in [6, 6.07) is 1.84. The number of hydrogen-bond acceptors (Lipinski definition) is 6. The average Bonchev–Trinajstić information content (AvgIpc) is 3.21. The number of Topliss-reactive ketones (excluding diaryl/α,β-unsaturated/α-hetero) is 1. The molecule has 1 fully saturated rings. The number of aromatic nitrogens is 2. The molecule has 7 heteroatoms. The van der Waals surface area contributed by atoms with Crippen LogP contribution >= 0.6 is 11.3 Å². The van der Waals surface area contributed by atoms with Gasteiger partial charge in [-0.05, 0) is 55.2 Å². The zero-order valence-corrected chi connectivity index (χ0v) is 15.6. The molecule has 2 aromatic heterocycles. The number of amides is 1. The summed E-state index contributed by atoms with van der Waals surface area (Å²) in [6.07, 6.45) is 6.13. The predicted molar refractivity (Wildman–Crippen MR) is 100 cm³/mol. The number of carbonyl (C=O) groups excluding carboxylic acids is 2. The summed E-state index contributed by atoms with van der Waals surface area (Å²) in [5, 5.41) is 1.91. The molecule has 1 saturated heterocycles. The number of nitrogens with two attached hydrogens (primary N) is 1. The van der Waals surface area contributed by atoms with Crippen LogP contribution in [-0.2, 0) is 23.1 Å². The van der Waals surface area contributed by atoms with Gasteiger partial charge in [-0.15, -0.1) is 11.3 Å². The maximum Gasteiger partial charge on any atom is 0.227 e. The van der Waals surface area contributed by atoms with Crippen molar-refractivity contribution < 1.29 is 9.59 Å². The maximum absolute atomic E-state index is 12.9. The number of fused-ring (bicyclic) bond motifs is 2. The standard InChI is InChI=1S/C19H22N4O2S/c1-12(24)15-7-13(10-26-15)8-16(25)23-6-2-4-19(11-23)5-3-14-9-21-18(20)22-17(14)19/h7,9-10H,2-6,8,11H2,1H3,(H2,20,21,22). The Morgan fingerprint density at radius 3 is 3.00 bits per heavy atom. The molecule has 1 aliphatic carbocycles. The number of nitrogen functional groups attached to an aromatic ring is 1. The van der Waals surface area contributed by atoms with E-state index in [4.69, 9.17) is 5.73 Å². The predicted octanol–water partition coefficient (Wildman–Crippen LogP) is 2.37. The van der Waals surface area contributed by atoms with Gasteiger partial charge in [0.1, 0.15) is 0 Å². The van der Waals surface area contributed by atoms with Crippen molar-refractivity contribution in [2.45, 2.75) is 44.4 Å². The van der Waals surface area contributed by atoms with Gasteiger partial charge in [-0.1, -0.05) is 0 Å². The number of piperidine rings is 1. The number of thiophene rings is 1. The number of likely N-dealkylation sites (tertiary alicyclic amines) is 1. The number of aryl methyl sites for hydroxylation is 1. The first-order valence-electron chi connectivity index (χ1n) is 8.95. The first-order valence-corrected chi connectivity index (χ1v) is 9.83. The third kappa shape index (κ3) is 3.00. The Bertz CT molecular complexity index is 874. The molecule has 1 unspecified atom stereocenters. The Morgan fingerprint density at radius 1 is 1.38 bits per heavy atom. The summed E-state index contributed by atoms with van der Waals surface area (Å²) in [7, 11) is 0. The summed E-state index contributed by atoms with van der Waals surface area (Å²) in [4.78, 5) is 35.6. The summed E-state index contributed by atoms with van der Waals surface area (Å²) in [6.45, 7) is 3.02. The number of carbonyl (C=O) groups is 2. The maximum atomic E-state index is 12.9. The second-order valence-electron chi connectivity index (χ2n) is 7.35.